The van der Waals surface area contributed by atoms with Gasteiger partial charge in [0.05, 0.1) is 6.04 Å². The first-order chi connectivity index (χ1) is 29.5. The number of carboxylic acid groups (broad SMARTS) is 1. The number of aliphatic carboxylic acids is 1. The van der Waals surface area contributed by atoms with Gasteiger partial charge in [0.25, 0.3) is 0 Å². The fraction of sp³-hybridized carbons (Fsp3) is 0.462. The van der Waals surface area contributed by atoms with E-state index in [0.29, 0.717) is 5.56 Å². The van der Waals surface area contributed by atoms with Crippen molar-refractivity contribution in [1.82, 2.24) is 31.9 Å². The lowest BCUT2D eigenvalue weighted by atomic mass is 10.0. The summed E-state index contributed by atoms with van der Waals surface area (Å²) in [5.74, 6) is -6.57. The van der Waals surface area contributed by atoms with Crippen molar-refractivity contribution in [2.75, 3.05) is 24.6 Å². The van der Waals surface area contributed by atoms with Crippen molar-refractivity contribution in [3.63, 3.8) is 0 Å². The van der Waals surface area contributed by atoms with E-state index in [0.717, 1.165) is 27.2 Å². The molecule has 1 fully saturated rings. The molecule has 0 radical (unpaired) electrons. The van der Waals surface area contributed by atoms with Crippen LogP contribution in [-0.4, -0.2) is 125 Å². The Balaban J connectivity index is 1.94. The number of nitrogens with zero attached hydrogens (tertiary/aromatic N) is 2. The number of carbonyl (C=O) groups excluding carboxylic acids is 6. The number of nitrogens with two attached hydrogens (primary N) is 5. The summed E-state index contributed by atoms with van der Waals surface area (Å²) in [6.45, 7) is 1.62. The van der Waals surface area contributed by atoms with E-state index >= 15 is 0 Å². The minimum absolute atomic E-state index is 0.0196. The summed E-state index contributed by atoms with van der Waals surface area (Å²) >= 11 is 0. The Hall–Kier alpha value is -6.07. The Labute approximate surface area is 367 Å². The maximum Gasteiger partial charge on any atom is 0.327 e. The molecule has 1 aliphatic heterocycles. The summed E-state index contributed by atoms with van der Waals surface area (Å²) in [6.07, 6.45) is 0.698. The Morgan fingerprint density at radius 2 is 1.31 bits per heavy atom. The number of nitrogens with one attached hydrogen (secondary N) is 6. The normalized spacial score (nSPS) is 21.2. The number of carboxylic acids is 1. The van der Waals surface area contributed by atoms with Crippen molar-refractivity contribution in [3.05, 3.63) is 71.8 Å². The van der Waals surface area contributed by atoms with Crippen LogP contribution in [0.2, 0.25) is 0 Å². The molecule has 17 N–H and O–H groups in total. The van der Waals surface area contributed by atoms with E-state index < -0.39 is 83.7 Å². The van der Waals surface area contributed by atoms with Gasteiger partial charge < -0.3 is 65.7 Å². The fourth-order valence-electron chi connectivity index (χ4n) is 5.93. The van der Waals surface area contributed by atoms with Gasteiger partial charge >= 0.3 is 5.97 Å². The van der Waals surface area contributed by atoms with Crippen LogP contribution in [0.15, 0.2) is 70.6 Å². The summed E-state index contributed by atoms with van der Waals surface area (Å²) in [6, 6.07) is 9.02. The molecule has 3 rings (SSSR count). The second-order valence-corrected chi connectivity index (χ2v) is 16.9. The quantitative estimate of drug-likeness (QED) is 0.0333. The Bertz CT molecular complexity index is 1890. The first-order valence-electron chi connectivity index (χ1n) is 19.8. The molecule has 2 aromatic rings. The van der Waals surface area contributed by atoms with Crippen molar-refractivity contribution >= 4 is 74.9 Å². The van der Waals surface area contributed by atoms with E-state index in [1.165, 1.54) is 6.92 Å². The van der Waals surface area contributed by atoms with Gasteiger partial charge in [0.15, 0.2) is 11.9 Å². The highest BCUT2D eigenvalue weighted by molar-refractivity contribution is 8.76. The van der Waals surface area contributed by atoms with Gasteiger partial charge in [-0.1, -0.05) is 82.3 Å². The number of hydrogen-bond acceptors (Lipinski definition) is 12. The molecule has 1 heterocycles. The van der Waals surface area contributed by atoms with Crippen LogP contribution in [0.4, 0.5) is 0 Å². The monoisotopic (exact) mass is 899 g/mol. The zero-order valence-electron chi connectivity index (χ0n) is 34.3. The van der Waals surface area contributed by atoms with E-state index in [1.54, 1.807) is 42.5 Å². The molecule has 0 unspecified atom stereocenters. The van der Waals surface area contributed by atoms with Crippen molar-refractivity contribution in [2.24, 2.45) is 38.7 Å². The average Bonchev–Trinajstić information content (AvgIpc) is 3.23. The van der Waals surface area contributed by atoms with Gasteiger partial charge in [-0.2, -0.15) is 0 Å². The molecule has 0 spiro atoms. The van der Waals surface area contributed by atoms with Gasteiger partial charge in [-0.05, 0) is 50.2 Å². The van der Waals surface area contributed by atoms with Gasteiger partial charge in [-0.25, -0.2) is 4.79 Å². The molecule has 7 atom stereocenters. The molecule has 338 valence electrons. The molecular weight excluding hydrogens is 843 g/mol. The number of amides is 6. The summed E-state index contributed by atoms with van der Waals surface area (Å²) < 4.78 is 0. The largest absolute Gasteiger partial charge is 0.480 e. The molecule has 21 nitrogen and oxygen atoms in total. The van der Waals surface area contributed by atoms with E-state index in [-0.39, 0.29) is 75.0 Å². The van der Waals surface area contributed by atoms with Crippen molar-refractivity contribution in [3.8, 4) is 0 Å². The number of hydrogen-bond donors (Lipinski definition) is 12. The van der Waals surface area contributed by atoms with Gasteiger partial charge in [-0.15, -0.1) is 0 Å². The fourth-order valence-corrected chi connectivity index (χ4v) is 8.25. The molecule has 23 heteroatoms. The SMILES string of the molecule is C[C@@H]1NC(=O)[C@H](Cc2ccccc2)NC(=O)[C@@H](NC(=O)[C@H](CCCN=C(N)N)NC(=O)[C@@H](N)Cc2ccccc2)CSSC[C@@H](C(=O)O)NC(=O)[C@H](CCCN=C(N)N)NC1=O. The number of rotatable bonds is 17. The topological polar surface area (TPSA) is 367 Å². The molecule has 0 saturated carbocycles. The Morgan fingerprint density at radius 3 is 1.92 bits per heavy atom. The van der Waals surface area contributed by atoms with Crippen molar-refractivity contribution in [1.29, 1.82) is 0 Å². The second-order valence-electron chi connectivity index (χ2n) is 14.3. The predicted molar refractivity (Wildman–Crippen MR) is 238 cm³/mol. The summed E-state index contributed by atoms with van der Waals surface area (Å²) in [5.41, 5.74) is 29.4. The molecule has 2 aromatic carbocycles. The van der Waals surface area contributed by atoms with Gasteiger partial charge in [-0.3, -0.25) is 38.8 Å². The van der Waals surface area contributed by atoms with E-state index in [2.05, 4.69) is 41.9 Å². The first kappa shape index (κ1) is 50.3. The number of benzene rings is 2. The van der Waals surface area contributed by atoms with Gasteiger partial charge in [0.2, 0.25) is 35.4 Å². The van der Waals surface area contributed by atoms with Crippen molar-refractivity contribution in [2.45, 2.75) is 87.7 Å². The van der Waals surface area contributed by atoms with Crippen molar-refractivity contribution < 1.29 is 38.7 Å². The van der Waals surface area contributed by atoms with Crippen LogP contribution in [-0.2, 0) is 46.4 Å². The maximum atomic E-state index is 14.2. The van der Waals surface area contributed by atoms with Crippen LogP contribution in [0.3, 0.4) is 0 Å². The number of aliphatic imine (C=N–C) groups is 2. The second kappa shape index (κ2) is 26.3. The first-order valence-corrected chi connectivity index (χ1v) is 22.3. The molecule has 1 aliphatic rings. The smallest absolute Gasteiger partial charge is 0.327 e. The lowest BCUT2D eigenvalue weighted by Crippen LogP contribution is -2.60. The molecule has 1 saturated heterocycles. The summed E-state index contributed by atoms with van der Waals surface area (Å²) in [4.78, 5) is 102. The van der Waals surface area contributed by atoms with Crippen LogP contribution >= 0.6 is 21.6 Å². The highest BCUT2D eigenvalue weighted by Crippen LogP contribution is 2.24. The third-order valence-corrected chi connectivity index (χ3v) is 11.7. The average molecular weight is 900 g/mol. The van der Waals surface area contributed by atoms with Crippen LogP contribution in [0.25, 0.3) is 0 Å². The molecule has 0 bridgehead atoms. The number of carbonyl (C=O) groups is 7. The van der Waals surface area contributed by atoms with Crippen LogP contribution < -0.4 is 60.6 Å². The summed E-state index contributed by atoms with van der Waals surface area (Å²) in [5, 5.41) is 25.7. The third-order valence-electron chi connectivity index (χ3n) is 9.26. The minimum Gasteiger partial charge on any atom is -0.480 e. The number of guanidine groups is 2. The maximum absolute atomic E-state index is 14.2. The molecule has 62 heavy (non-hydrogen) atoms. The molecule has 0 aromatic heterocycles. The van der Waals surface area contributed by atoms with E-state index in [1.807, 2.05) is 18.2 Å². The van der Waals surface area contributed by atoms with Gasteiger partial charge in [0.1, 0.15) is 36.3 Å². The van der Waals surface area contributed by atoms with Crippen LogP contribution in [0, 0.1) is 0 Å². The molecular formula is C39H57N13O8S2. The highest BCUT2D eigenvalue weighted by Gasteiger charge is 2.33. The molecule has 0 aliphatic carbocycles. The standard InChI is InChI=1S/C39H57N13O8S2/c1-22-31(53)48-26(14-8-16-45-38(41)42)34(56)52-30(37(59)60)21-62-61-20-29(36(58)50-28(35(57)47-22)19-24-12-6-3-7-13-24)51-33(55)27(15-9-17-46-39(43)44)49-32(54)25(40)18-23-10-4-2-5-11-23/h2-7,10-13,22,25-30H,8-9,14-21,40H2,1H3,(H,47,57)(H,48,53)(H,49,54)(H,50,58)(H,51,55)(H,52,56)(H,59,60)(H4,41,42,45)(H4,43,44,46)/t22-,25-,26-,27-,28-,29-,30-/m0/s1. The van der Waals surface area contributed by atoms with Gasteiger partial charge in [0, 0.05) is 31.0 Å². The third kappa shape index (κ3) is 18.3. The lowest BCUT2D eigenvalue weighted by molar-refractivity contribution is -0.141. The van der Waals surface area contributed by atoms with Crippen LogP contribution in [0.1, 0.15) is 43.7 Å². The highest BCUT2D eigenvalue weighted by atomic mass is 33.1. The Morgan fingerprint density at radius 1 is 0.742 bits per heavy atom. The molecule has 6 amide bonds. The predicted octanol–water partition coefficient (Wildman–Crippen LogP) is -2.69. The lowest BCUT2D eigenvalue weighted by Gasteiger charge is -2.26. The van der Waals surface area contributed by atoms with E-state index in [9.17, 15) is 38.7 Å². The van der Waals surface area contributed by atoms with Crippen LogP contribution in [0.5, 0.6) is 0 Å². The zero-order valence-corrected chi connectivity index (χ0v) is 35.9. The Kier molecular flexibility index (Phi) is 21.3. The zero-order chi connectivity index (χ0) is 45.6. The minimum atomic E-state index is -1.44. The van der Waals surface area contributed by atoms with E-state index in [4.69, 9.17) is 28.7 Å². The summed E-state index contributed by atoms with van der Waals surface area (Å²) in [7, 11) is 2.01.